The van der Waals surface area contributed by atoms with Crippen LogP contribution in [0.2, 0.25) is 0 Å². The second kappa shape index (κ2) is 13.1. The average molecular weight is 422 g/mol. The molecule has 0 bridgehead atoms. The molecule has 0 amide bonds. The lowest BCUT2D eigenvalue weighted by molar-refractivity contribution is 0.280. The summed E-state index contributed by atoms with van der Waals surface area (Å²) in [6.07, 6.45) is 2.24. The first-order chi connectivity index (χ1) is 15.3. The van der Waals surface area contributed by atoms with Crippen LogP contribution in [0.5, 0.6) is 0 Å². The molecule has 0 aliphatic carbocycles. The molecule has 0 aromatic heterocycles. The van der Waals surface area contributed by atoms with Gasteiger partial charge in [0.05, 0.1) is 0 Å². The van der Waals surface area contributed by atoms with E-state index < -0.39 is 0 Å². The number of nitrogens with one attached hydrogen (secondary N) is 2. The second-order valence-corrected chi connectivity index (χ2v) is 8.35. The number of hydrogen-bond donors (Lipinski definition) is 2. The molecule has 2 N–H and O–H groups in total. The molecule has 1 aliphatic heterocycles. The van der Waals surface area contributed by atoms with Gasteiger partial charge in [0, 0.05) is 45.2 Å². The highest BCUT2D eigenvalue weighted by Crippen LogP contribution is 2.27. The Hall–Kier alpha value is -2.37. The van der Waals surface area contributed by atoms with Crippen molar-refractivity contribution in [2.24, 2.45) is 4.99 Å². The van der Waals surface area contributed by atoms with E-state index in [0.29, 0.717) is 5.92 Å². The topological polar surface area (TPSA) is 42.9 Å². The Balaban J connectivity index is 1.54. The van der Waals surface area contributed by atoms with Gasteiger partial charge in [-0.15, -0.1) is 0 Å². The van der Waals surface area contributed by atoms with Crippen LogP contribution in [-0.2, 0) is 0 Å². The van der Waals surface area contributed by atoms with Crippen LogP contribution in [0, 0.1) is 0 Å². The predicted molar refractivity (Wildman–Crippen MR) is 132 cm³/mol. The van der Waals surface area contributed by atoms with Crippen LogP contribution in [0.3, 0.4) is 0 Å². The highest BCUT2D eigenvalue weighted by atomic mass is 15.2. The van der Waals surface area contributed by atoms with Crippen molar-refractivity contribution in [2.45, 2.75) is 25.7 Å². The molecule has 0 spiro atoms. The SMILES string of the molecule is CCNC(=NCCC(c1ccccc1)c1ccccc1)NCCN1CCCN(C)CC1. The van der Waals surface area contributed by atoms with Crippen molar-refractivity contribution < 1.29 is 0 Å². The van der Waals surface area contributed by atoms with Crippen molar-refractivity contribution >= 4 is 5.96 Å². The summed E-state index contributed by atoms with van der Waals surface area (Å²) in [4.78, 5) is 9.87. The van der Waals surface area contributed by atoms with E-state index in [4.69, 9.17) is 4.99 Å². The molecule has 2 aromatic carbocycles. The Labute approximate surface area is 188 Å². The van der Waals surface area contributed by atoms with Crippen molar-refractivity contribution in [1.29, 1.82) is 0 Å². The summed E-state index contributed by atoms with van der Waals surface area (Å²) in [6, 6.07) is 21.6. The quantitative estimate of drug-likeness (QED) is 0.481. The molecule has 1 saturated heterocycles. The number of nitrogens with zero attached hydrogens (tertiary/aromatic N) is 3. The van der Waals surface area contributed by atoms with Crippen molar-refractivity contribution in [3.8, 4) is 0 Å². The Kier molecular flexibility index (Phi) is 9.87. The lowest BCUT2D eigenvalue weighted by Crippen LogP contribution is -2.42. The maximum absolute atomic E-state index is 4.89. The minimum absolute atomic E-state index is 0.364. The molecule has 0 saturated carbocycles. The van der Waals surface area contributed by atoms with E-state index in [1.165, 1.54) is 30.6 Å². The molecule has 3 rings (SSSR count). The molecule has 5 nitrogen and oxygen atoms in total. The Morgan fingerprint density at radius 1 is 0.903 bits per heavy atom. The third-order valence-electron chi connectivity index (χ3n) is 5.97. The maximum Gasteiger partial charge on any atom is 0.191 e. The molecule has 168 valence electrons. The smallest absolute Gasteiger partial charge is 0.191 e. The summed E-state index contributed by atoms with van der Waals surface area (Å²) < 4.78 is 0. The molecule has 31 heavy (non-hydrogen) atoms. The number of guanidine groups is 1. The van der Waals surface area contributed by atoms with E-state index in [9.17, 15) is 0 Å². The Bertz CT molecular complexity index is 722. The van der Waals surface area contributed by atoms with E-state index in [0.717, 1.165) is 51.6 Å². The first-order valence-electron chi connectivity index (χ1n) is 11.8. The van der Waals surface area contributed by atoms with Gasteiger partial charge in [-0.3, -0.25) is 4.99 Å². The molecule has 1 heterocycles. The average Bonchev–Trinajstić information content (AvgIpc) is 3.02. The normalized spacial score (nSPS) is 16.3. The minimum atomic E-state index is 0.364. The van der Waals surface area contributed by atoms with Crippen LogP contribution in [0.1, 0.15) is 36.8 Å². The second-order valence-electron chi connectivity index (χ2n) is 8.35. The minimum Gasteiger partial charge on any atom is -0.357 e. The third-order valence-corrected chi connectivity index (χ3v) is 5.97. The highest BCUT2D eigenvalue weighted by molar-refractivity contribution is 5.79. The van der Waals surface area contributed by atoms with Gasteiger partial charge in [-0.2, -0.15) is 0 Å². The summed E-state index contributed by atoms with van der Waals surface area (Å²) in [5, 5.41) is 6.94. The number of likely N-dealkylation sites (N-methyl/N-ethyl adjacent to an activating group) is 1. The van der Waals surface area contributed by atoms with Gasteiger partial charge in [0.2, 0.25) is 0 Å². The van der Waals surface area contributed by atoms with Crippen LogP contribution in [0.4, 0.5) is 0 Å². The molecule has 2 aromatic rings. The maximum atomic E-state index is 4.89. The van der Waals surface area contributed by atoms with Crippen molar-refractivity contribution in [1.82, 2.24) is 20.4 Å². The highest BCUT2D eigenvalue weighted by Gasteiger charge is 2.14. The van der Waals surface area contributed by atoms with Crippen LogP contribution in [0.15, 0.2) is 65.7 Å². The monoisotopic (exact) mass is 421 g/mol. The molecule has 0 unspecified atom stereocenters. The Morgan fingerprint density at radius 3 is 2.23 bits per heavy atom. The van der Waals surface area contributed by atoms with Gasteiger partial charge in [0.25, 0.3) is 0 Å². The van der Waals surface area contributed by atoms with Gasteiger partial charge in [-0.25, -0.2) is 0 Å². The van der Waals surface area contributed by atoms with Crippen LogP contribution < -0.4 is 10.6 Å². The molecule has 0 radical (unpaired) electrons. The van der Waals surface area contributed by atoms with Crippen molar-refractivity contribution in [3.63, 3.8) is 0 Å². The van der Waals surface area contributed by atoms with E-state index in [1.807, 2.05) is 0 Å². The summed E-state index contributed by atoms with van der Waals surface area (Å²) in [7, 11) is 2.22. The first kappa shape index (κ1) is 23.3. The number of hydrogen-bond acceptors (Lipinski definition) is 3. The summed E-state index contributed by atoms with van der Waals surface area (Å²) in [6.45, 7) is 10.5. The standard InChI is InChI=1S/C26H39N5/c1-3-27-26(29-17-20-31-19-10-18-30(2)21-22-31)28-16-15-25(23-11-6-4-7-12-23)24-13-8-5-9-14-24/h4-9,11-14,25H,3,10,15-22H2,1-2H3,(H2,27,28,29). The van der Waals surface area contributed by atoms with Crippen LogP contribution in [-0.4, -0.2) is 75.2 Å². The zero-order valence-electron chi connectivity index (χ0n) is 19.3. The summed E-state index contributed by atoms with van der Waals surface area (Å²) in [5.74, 6) is 1.29. The largest absolute Gasteiger partial charge is 0.357 e. The zero-order valence-corrected chi connectivity index (χ0v) is 19.3. The van der Waals surface area contributed by atoms with Gasteiger partial charge in [-0.1, -0.05) is 60.7 Å². The van der Waals surface area contributed by atoms with Gasteiger partial charge in [0.15, 0.2) is 5.96 Å². The number of benzene rings is 2. The fourth-order valence-electron chi connectivity index (χ4n) is 4.20. The number of rotatable bonds is 9. The molecule has 5 heteroatoms. The van der Waals surface area contributed by atoms with E-state index in [-0.39, 0.29) is 0 Å². The van der Waals surface area contributed by atoms with E-state index >= 15 is 0 Å². The van der Waals surface area contributed by atoms with E-state index in [1.54, 1.807) is 0 Å². The molecule has 1 fully saturated rings. The van der Waals surface area contributed by atoms with Gasteiger partial charge >= 0.3 is 0 Å². The first-order valence-corrected chi connectivity index (χ1v) is 11.8. The molecular weight excluding hydrogens is 382 g/mol. The summed E-state index contributed by atoms with van der Waals surface area (Å²) >= 11 is 0. The van der Waals surface area contributed by atoms with Gasteiger partial charge in [0.1, 0.15) is 0 Å². The van der Waals surface area contributed by atoms with Crippen LogP contribution in [0.25, 0.3) is 0 Å². The lowest BCUT2D eigenvalue weighted by atomic mass is 9.89. The Morgan fingerprint density at radius 2 is 1.58 bits per heavy atom. The molecule has 0 atom stereocenters. The van der Waals surface area contributed by atoms with E-state index in [2.05, 4.69) is 95.1 Å². The summed E-state index contributed by atoms with van der Waals surface area (Å²) in [5.41, 5.74) is 2.71. The fourth-order valence-corrected chi connectivity index (χ4v) is 4.20. The molecule has 1 aliphatic rings. The van der Waals surface area contributed by atoms with Crippen LogP contribution >= 0.6 is 0 Å². The lowest BCUT2D eigenvalue weighted by Gasteiger charge is -2.21. The van der Waals surface area contributed by atoms with Gasteiger partial charge < -0.3 is 20.4 Å². The number of aliphatic imine (C=N–C) groups is 1. The fraction of sp³-hybridized carbons (Fsp3) is 0.500. The zero-order chi connectivity index (χ0) is 21.7. The molecular formula is C26H39N5. The van der Waals surface area contributed by atoms with Gasteiger partial charge in [-0.05, 0) is 51.0 Å². The predicted octanol–water partition coefficient (Wildman–Crippen LogP) is 3.40. The third kappa shape index (κ3) is 8.00. The van der Waals surface area contributed by atoms with Crippen molar-refractivity contribution in [3.05, 3.63) is 71.8 Å². The van der Waals surface area contributed by atoms with Crippen molar-refractivity contribution in [2.75, 3.05) is 59.4 Å².